The van der Waals surface area contributed by atoms with Gasteiger partial charge in [0.1, 0.15) is 12.3 Å². The highest BCUT2D eigenvalue weighted by atomic mass is 16.4. The van der Waals surface area contributed by atoms with Gasteiger partial charge in [0.05, 0.1) is 12.0 Å². The summed E-state index contributed by atoms with van der Waals surface area (Å²) in [4.78, 5) is 11.1. The van der Waals surface area contributed by atoms with Crippen LogP contribution in [0.2, 0.25) is 0 Å². The molecule has 2 aromatic heterocycles. The van der Waals surface area contributed by atoms with E-state index in [0.29, 0.717) is 24.6 Å². The Morgan fingerprint density at radius 2 is 2.33 bits per heavy atom. The fraction of sp³-hybridized carbons (Fsp3) is 0.417. The van der Waals surface area contributed by atoms with E-state index < -0.39 is 5.97 Å². The molecule has 0 aliphatic carbocycles. The Balaban J connectivity index is 2.31. The predicted octanol–water partition coefficient (Wildman–Crippen LogP) is 1.82. The molecule has 0 atom stereocenters. The van der Waals surface area contributed by atoms with Crippen LogP contribution in [0.1, 0.15) is 35.8 Å². The summed E-state index contributed by atoms with van der Waals surface area (Å²) in [6.45, 7) is 4.45. The number of carboxylic acids is 1. The van der Waals surface area contributed by atoms with E-state index in [0.717, 1.165) is 5.76 Å². The van der Waals surface area contributed by atoms with E-state index in [4.69, 9.17) is 9.52 Å². The molecule has 0 aliphatic rings. The summed E-state index contributed by atoms with van der Waals surface area (Å²) in [5.74, 6) is 0.00939. The van der Waals surface area contributed by atoms with Crippen LogP contribution in [0.4, 0.5) is 0 Å². The lowest BCUT2D eigenvalue weighted by atomic mass is 10.1. The Morgan fingerprint density at radius 1 is 1.56 bits per heavy atom. The molecule has 0 aliphatic heterocycles. The molecule has 2 aromatic rings. The summed E-state index contributed by atoms with van der Waals surface area (Å²) in [7, 11) is 0. The van der Waals surface area contributed by atoms with Crippen molar-refractivity contribution in [3.8, 4) is 0 Å². The first-order valence-electron chi connectivity index (χ1n) is 5.76. The largest absolute Gasteiger partial charge is 0.476 e. The Kier molecular flexibility index (Phi) is 3.45. The van der Waals surface area contributed by atoms with Gasteiger partial charge in [-0.1, -0.05) is 19.1 Å². The minimum absolute atomic E-state index is 0.0234. The standard InChI is InChI=1S/C12H15N3O3/c1-8(2)6-10-11(12(16)17)13-14-15(10)7-9-4-3-5-18-9/h3-5,8H,6-7H2,1-2H3,(H,16,17). The molecule has 0 saturated carbocycles. The molecule has 18 heavy (non-hydrogen) atoms. The van der Waals surface area contributed by atoms with Gasteiger partial charge in [-0.15, -0.1) is 5.10 Å². The number of aromatic nitrogens is 3. The summed E-state index contributed by atoms with van der Waals surface area (Å²) in [6.07, 6.45) is 2.20. The van der Waals surface area contributed by atoms with Crippen molar-refractivity contribution in [1.29, 1.82) is 0 Å². The molecule has 6 nitrogen and oxygen atoms in total. The van der Waals surface area contributed by atoms with E-state index in [1.165, 1.54) is 0 Å². The van der Waals surface area contributed by atoms with Crippen LogP contribution in [-0.4, -0.2) is 26.1 Å². The van der Waals surface area contributed by atoms with E-state index in [-0.39, 0.29) is 5.69 Å². The number of nitrogens with zero attached hydrogens (tertiary/aromatic N) is 3. The van der Waals surface area contributed by atoms with Crippen molar-refractivity contribution >= 4 is 5.97 Å². The van der Waals surface area contributed by atoms with Gasteiger partial charge in [0.25, 0.3) is 0 Å². The van der Waals surface area contributed by atoms with Crippen molar-refractivity contribution in [3.05, 3.63) is 35.5 Å². The highest BCUT2D eigenvalue weighted by Crippen LogP contribution is 2.14. The summed E-state index contributed by atoms with van der Waals surface area (Å²) in [6, 6.07) is 3.60. The number of hydrogen-bond acceptors (Lipinski definition) is 4. The number of carboxylic acid groups (broad SMARTS) is 1. The van der Waals surface area contributed by atoms with Gasteiger partial charge in [0, 0.05) is 0 Å². The lowest BCUT2D eigenvalue weighted by molar-refractivity contribution is 0.0689. The zero-order valence-corrected chi connectivity index (χ0v) is 10.3. The second-order valence-electron chi connectivity index (χ2n) is 4.52. The third-order valence-electron chi connectivity index (χ3n) is 2.53. The molecular weight excluding hydrogens is 234 g/mol. The summed E-state index contributed by atoms with van der Waals surface area (Å²) in [5, 5.41) is 16.7. The first kappa shape index (κ1) is 12.3. The maximum Gasteiger partial charge on any atom is 0.358 e. The quantitative estimate of drug-likeness (QED) is 0.874. The lowest BCUT2D eigenvalue weighted by Crippen LogP contribution is -2.11. The van der Waals surface area contributed by atoms with E-state index in [1.54, 1.807) is 17.0 Å². The molecule has 1 N–H and O–H groups in total. The maximum atomic E-state index is 11.1. The first-order valence-corrected chi connectivity index (χ1v) is 5.76. The van der Waals surface area contributed by atoms with Gasteiger partial charge >= 0.3 is 5.97 Å². The van der Waals surface area contributed by atoms with Gasteiger partial charge in [-0.05, 0) is 24.5 Å². The fourth-order valence-electron chi connectivity index (χ4n) is 1.76. The van der Waals surface area contributed by atoms with E-state index in [2.05, 4.69) is 10.3 Å². The zero-order valence-electron chi connectivity index (χ0n) is 10.3. The van der Waals surface area contributed by atoms with Gasteiger partial charge in [-0.25, -0.2) is 9.48 Å². The lowest BCUT2D eigenvalue weighted by Gasteiger charge is -2.07. The highest BCUT2D eigenvalue weighted by molar-refractivity contribution is 5.86. The Morgan fingerprint density at radius 3 is 2.89 bits per heavy atom. The van der Waals surface area contributed by atoms with Gasteiger partial charge in [-0.2, -0.15) is 0 Å². The van der Waals surface area contributed by atoms with Crippen molar-refractivity contribution < 1.29 is 14.3 Å². The molecule has 6 heteroatoms. The monoisotopic (exact) mass is 249 g/mol. The second-order valence-corrected chi connectivity index (χ2v) is 4.52. The van der Waals surface area contributed by atoms with Crippen molar-refractivity contribution in [2.24, 2.45) is 5.92 Å². The molecule has 0 radical (unpaired) electrons. The minimum Gasteiger partial charge on any atom is -0.476 e. The summed E-state index contributed by atoms with van der Waals surface area (Å²) >= 11 is 0. The Labute approximate surface area is 104 Å². The van der Waals surface area contributed by atoms with E-state index in [9.17, 15) is 4.79 Å². The average molecular weight is 249 g/mol. The minimum atomic E-state index is -1.05. The molecule has 0 spiro atoms. The molecular formula is C12H15N3O3. The van der Waals surface area contributed by atoms with Gasteiger partial charge < -0.3 is 9.52 Å². The number of carbonyl (C=O) groups is 1. The third-order valence-corrected chi connectivity index (χ3v) is 2.53. The Hall–Kier alpha value is -2.11. The van der Waals surface area contributed by atoms with E-state index >= 15 is 0 Å². The topological polar surface area (TPSA) is 81.1 Å². The number of rotatable bonds is 5. The molecule has 0 amide bonds. The average Bonchev–Trinajstić information content (AvgIpc) is 2.89. The number of aromatic carboxylic acids is 1. The molecule has 96 valence electrons. The molecule has 0 saturated heterocycles. The smallest absolute Gasteiger partial charge is 0.358 e. The van der Waals surface area contributed by atoms with Crippen LogP contribution >= 0.6 is 0 Å². The first-order chi connectivity index (χ1) is 8.58. The van der Waals surface area contributed by atoms with Crippen LogP contribution in [0, 0.1) is 5.92 Å². The van der Waals surface area contributed by atoms with Crippen molar-refractivity contribution in [2.75, 3.05) is 0 Å². The van der Waals surface area contributed by atoms with Crippen LogP contribution in [0.3, 0.4) is 0 Å². The third kappa shape index (κ3) is 2.58. The van der Waals surface area contributed by atoms with Gasteiger partial charge in [0.2, 0.25) is 0 Å². The van der Waals surface area contributed by atoms with Crippen LogP contribution < -0.4 is 0 Å². The second kappa shape index (κ2) is 5.03. The SMILES string of the molecule is CC(C)Cc1c(C(=O)O)nnn1Cc1ccco1. The molecule has 2 rings (SSSR count). The van der Waals surface area contributed by atoms with Gasteiger partial charge in [0.15, 0.2) is 5.69 Å². The summed E-state index contributed by atoms with van der Waals surface area (Å²) < 4.78 is 6.82. The van der Waals surface area contributed by atoms with Gasteiger partial charge in [-0.3, -0.25) is 0 Å². The summed E-state index contributed by atoms with van der Waals surface area (Å²) in [5.41, 5.74) is 0.657. The fourth-order valence-corrected chi connectivity index (χ4v) is 1.76. The maximum absolute atomic E-state index is 11.1. The Bertz CT molecular complexity index is 529. The normalized spacial score (nSPS) is 11.1. The number of furan rings is 1. The predicted molar refractivity (Wildman–Crippen MR) is 63.3 cm³/mol. The molecule has 0 bridgehead atoms. The van der Waals surface area contributed by atoms with Crippen LogP contribution in [-0.2, 0) is 13.0 Å². The van der Waals surface area contributed by atoms with Crippen LogP contribution in [0.25, 0.3) is 0 Å². The molecule has 0 aromatic carbocycles. The van der Waals surface area contributed by atoms with Crippen LogP contribution in [0.15, 0.2) is 22.8 Å². The van der Waals surface area contributed by atoms with Crippen molar-refractivity contribution in [3.63, 3.8) is 0 Å². The van der Waals surface area contributed by atoms with Crippen molar-refractivity contribution in [2.45, 2.75) is 26.8 Å². The van der Waals surface area contributed by atoms with E-state index in [1.807, 2.05) is 19.9 Å². The van der Waals surface area contributed by atoms with Crippen LogP contribution in [0.5, 0.6) is 0 Å². The zero-order chi connectivity index (χ0) is 13.1. The van der Waals surface area contributed by atoms with Crippen molar-refractivity contribution in [1.82, 2.24) is 15.0 Å². The molecule has 0 fully saturated rings. The molecule has 2 heterocycles. The number of hydrogen-bond donors (Lipinski definition) is 1. The highest BCUT2D eigenvalue weighted by Gasteiger charge is 2.20. The molecule has 0 unspecified atom stereocenters.